The minimum Gasteiger partial charge on any atom is -0.478 e. The third-order valence-electron chi connectivity index (χ3n) is 1.44. The fourth-order valence-electron chi connectivity index (χ4n) is 0.839. The lowest BCUT2D eigenvalue weighted by atomic mass is 10.0. The summed E-state index contributed by atoms with van der Waals surface area (Å²) >= 11 is 0. The highest BCUT2D eigenvalue weighted by Crippen LogP contribution is 2.16. The molecule has 0 radical (unpaired) electrons. The van der Waals surface area contributed by atoms with E-state index in [4.69, 9.17) is 10.2 Å². The van der Waals surface area contributed by atoms with Crippen molar-refractivity contribution in [2.75, 3.05) is 0 Å². The highest BCUT2D eigenvalue weighted by atomic mass is 19.1. The van der Waals surface area contributed by atoms with Crippen molar-refractivity contribution in [3.8, 4) is 0 Å². The van der Waals surface area contributed by atoms with E-state index in [-0.39, 0.29) is 5.57 Å². The lowest BCUT2D eigenvalue weighted by molar-refractivity contribution is -0.134. The summed E-state index contributed by atoms with van der Waals surface area (Å²) in [5, 5.41) is 17.3. The number of aliphatic hydroxyl groups excluding tert-OH is 1. The minimum atomic E-state index is -1.61. The Hall–Kier alpha value is -1.16. The summed E-state index contributed by atoms with van der Waals surface area (Å²) in [4.78, 5) is 10.3. The van der Waals surface area contributed by atoms with Gasteiger partial charge >= 0.3 is 5.97 Å². The van der Waals surface area contributed by atoms with E-state index in [1.165, 1.54) is 12.2 Å². The average molecular weight is 158 g/mol. The second-order valence-electron chi connectivity index (χ2n) is 2.20. The molecule has 2 unspecified atom stereocenters. The number of rotatable bonds is 1. The molecule has 1 rings (SSSR count). The van der Waals surface area contributed by atoms with E-state index < -0.39 is 18.2 Å². The zero-order valence-electron chi connectivity index (χ0n) is 5.57. The molecule has 11 heavy (non-hydrogen) atoms. The standard InChI is InChI=1S/C7H7FO3/c8-5-3-1-2-4(6(5)9)7(10)11/h1-3,5-6,9H,(H,10,11). The molecule has 0 saturated heterocycles. The molecular formula is C7H7FO3. The van der Waals surface area contributed by atoms with Crippen LogP contribution in [0.1, 0.15) is 0 Å². The Balaban J connectivity index is 2.87. The van der Waals surface area contributed by atoms with Crippen LogP contribution in [0.2, 0.25) is 0 Å². The zero-order valence-corrected chi connectivity index (χ0v) is 5.57. The van der Waals surface area contributed by atoms with Crippen molar-refractivity contribution < 1.29 is 19.4 Å². The number of hydrogen-bond donors (Lipinski definition) is 2. The van der Waals surface area contributed by atoms with E-state index in [1.807, 2.05) is 0 Å². The zero-order chi connectivity index (χ0) is 8.43. The Morgan fingerprint density at radius 1 is 1.64 bits per heavy atom. The van der Waals surface area contributed by atoms with Gasteiger partial charge in [-0.25, -0.2) is 9.18 Å². The normalized spacial score (nSPS) is 29.8. The number of aliphatic carboxylic acids is 1. The third-order valence-corrected chi connectivity index (χ3v) is 1.44. The Bertz CT molecular complexity index is 232. The van der Waals surface area contributed by atoms with Crippen LogP contribution in [0, 0.1) is 0 Å². The average Bonchev–Trinajstić information content (AvgIpc) is 1.94. The lowest BCUT2D eigenvalue weighted by Gasteiger charge is -2.15. The number of allylic oxidation sites excluding steroid dienone is 2. The molecule has 2 N–H and O–H groups in total. The highest BCUT2D eigenvalue weighted by Gasteiger charge is 2.26. The Kier molecular flexibility index (Phi) is 2.05. The van der Waals surface area contributed by atoms with Crippen molar-refractivity contribution in [3.05, 3.63) is 23.8 Å². The van der Waals surface area contributed by atoms with Gasteiger partial charge in [0, 0.05) is 0 Å². The monoisotopic (exact) mass is 158 g/mol. The third kappa shape index (κ3) is 1.46. The van der Waals surface area contributed by atoms with E-state index in [2.05, 4.69) is 0 Å². The molecule has 0 amide bonds. The first-order valence-corrected chi connectivity index (χ1v) is 3.06. The second-order valence-corrected chi connectivity index (χ2v) is 2.20. The number of halogens is 1. The first-order chi connectivity index (χ1) is 5.13. The van der Waals surface area contributed by atoms with Gasteiger partial charge in [-0.15, -0.1) is 0 Å². The number of alkyl halides is 1. The van der Waals surface area contributed by atoms with Crippen LogP contribution in [0.15, 0.2) is 23.8 Å². The van der Waals surface area contributed by atoms with Gasteiger partial charge in [0.15, 0.2) is 0 Å². The topological polar surface area (TPSA) is 57.5 Å². The summed E-state index contributed by atoms with van der Waals surface area (Å²) in [7, 11) is 0. The van der Waals surface area contributed by atoms with Crippen LogP contribution < -0.4 is 0 Å². The molecule has 60 valence electrons. The van der Waals surface area contributed by atoms with Crippen LogP contribution in [0.5, 0.6) is 0 Å². The number of aliphatic hydroxyl groups is 1. The number of carboxylic acid groups (broad SMARTS) is 1. The molecule has 0 bridgehead atoms. The molecule has 0 heterocycles. The van der Waals surface area contributed by atoms with Crippen LogP contribution in [-0.4, -0.2) is 28.5 Å². The molecule has 0 aromatic rings. The van der Waals surface area contributed by atoms with E-state index in [9.17, 15) is 9.18 Å². The van der Waals surface area contributed by atoms with Gasteiger partial charge in [0.05, 0.1) is 5.57 Å². The summed E-state index contributed by atoms with van der Waals surface area (Å²) in [6, 6.07) is 0. The maximum atomic E-state index is 12.5. The first-order valence-electron chi connectivity index (χ1n) is 3.06. The predicted molar refractivity (Wildman–Crippen MR) is 35.8 cm³/mol. The van der Waals surface area contributed by atoms with Gasteiger partial charge in [0.2, 0.25) is 0 Å². The molecule has 2 atom stereocenters. The quantitative estimate of drug-likeness (QED) is 0.575. The van der Waals surface area contributed by atoms with Crippen molar-refractivity contribution in [1.82, 2.24) is 0 Å². The molecule has 0 aliphatic heterocycles. The molecule has 0 fully saturated rings. The maximum Gasteiger partial charge on any atom is 0.334 e. The van der Waals surface area contributed by atoms with Gasteiger partial charge in [0.25, 0.3) is 0 Å². The summed E-state index contributed by atoms with van der Waals surface area (Å²) in [5.41, 5.74) is -0.306. The largest absolute Gasteiger partial charge is 0.478 e. The van der Waals surface area contributed by atoms with Crippen LogP contribution in [0.4, 0.5) is 4.39 Å². The van der Waals surface area contributed by atoms with Crippen molar-refractivity contribution in [2.24, 2.45) is 0 Å². The maximum absolute atomic E-state index is 12.5. The van der Waals surface area contributed by atoms with Crippen molar-refractivity contribution in [2.45, 2.75) is 12.3 Å². The van der Waals surface area contributed by atoms with E-state index in [0.717, 1.165) is 6.08 Å². The Labute approximate surface area is 62.5 Å². The summed E-state index contributed by atoms with van der Waals surface area (Å²) in [6.07, 6.45) is 0.435. The van der Waals surface area contributed by atoms with Crippen molar-refractivity contribution >= 4 is 5.97 Å². The molecule has 1 aliphatic carbocycles. The Morgan fingerprint density at radius 2 is 2.27 bits per heavy atom. The molecular weight excluding hydrogens is 151 g/mol. The van der Waals surface area contributed by atoms with Crippen molar-refractivity contribution in [3.63, 3.8) is 0 Å². The van der Waals surface area contributed by atoms with Gasteiger partial charge in [-0.2, -0.15) is 0 Å². The van der Waals surface area contributed by atoms with Crippen molar-refractivity contribution in [1.29, 1.82) is 0 Å². The fourth-order valence-corrected chi connectivity index (χ4v) is 0.839. The van der Waals surface area contributed by atoms with Crippen LogP contribution in [0.3, 0.4) is 0 Å². The van der Waals surface area contributed by atoms with Gasteiger partial charge in [-0.3, -0.25) is 0 Å². The number of carbonyl (C=O) groups is 1. The minimum absolute atomic E-state index is 0.306. The Morgan fingerprint density at radius 3 is 2.73 bits per heavy atom. The van der Waals surface area contributed by atoms with Gasteiger partial charge in [-0.1, -0.05) is 6.08 Å². The van der Waals surface area contributed by atoms with Crippen LogP contribution in [0.25, 0.3) is 0 Å². The SMILES string of the molecule is O=C(O)C1=CC=CC(F)C1O. The highest BCUT2D eigenvalue weighted by molar-refractivity contribution is 5.88. The molecule has 0 saturated carbocycles. The van der Waals surface area contributed by atoms with E-state index in [1.54, 1.807) is 0 Å². The molecule has 0 aromatic heterocycles. The summed E-state index contributed by atoms with van der Waals surface area (Å²) < 4.78 is 12.5. The first kappa shape index (κ1) is 7.94. The smallest absolute Gasteiger partial charge is 0.334 e. The molecule has 4 heteroatoms. The van der Waals surface area contributed by atoms with Gasteiger partial charge in [0.1, 0.15) is 12.3 Å². The lowest BCUT2D eigenvalue weighted by Crippen LogP contribution is -2.28. The molecule has 3 nitrogen and oxygen atoms in total. The molecule has 0 spiro atoms. The van der Waals surface area contributed by atoms with Gasteiger partial charge in [-0.05, 0) is 12.2 Å². The fraction of sp³-hybridized carbons (Fsp3) is 0.286. The van der Waals surface area contributed by atoms with E-state index >= 15 is 0 Å². The number of carboxylic acids is 1. The summed E-state index contributed by atoms with van der Waals surface area (Å²) in [5.74, 6) is -1.29. The molecule has 1 aliphatic rings. The number of hydrogen-bond acceptors (Lipinski definition) is 2. The second kappa shape index (κ2) is 2.84. The molecule has 0 aromatic carbocycles. The van der Waals surface area contributed by atoms with Gasteiger partial charge < -0.3 is 10.2 Å². The summed E-state index contributed by atoms with van der Waals surface area (Å²) in [6.45, 7) is 0. The van der Waals surface area contributed by atoms with Crippen LogP contribution in [-0.2, 0) is 4.79 Å². The van der Waals surface area contributed by atoms with Crippen LogP contribution >= 0.6 is 0 Å². The predicted octanol–water partition coefficient (Wildman–Crippen LogP) is 0.266. The van der Waals surface area contributed by atoms with E-state index in [0.29, 0.717) is 0 Å².